The van der Waals surface area contributed by atoms with Gasteiger partial charge in [-0.15, -0.1) is 0 Å². The molecule has 0 aliphatic heterocycles. The van der Waals surface area contributed by atoms with E-state index in [-0.39, 0.29) is 30.4 Å². The summed E-state index contributed by atoms with van der Waals surface area (Å²) in [7, 11) is 1.61. The molecule has 0 aromatic heterocycles. The molecule has 0 saturated carbocycles. The van der Waals surface area contributed by atoms with Gasteiger partial charge in [-0.3, -0.25) is 9.59 Å². The third-order valence-corrected chi connectivity index (χ3v) is 4.79. The lowest BCUT2D eigenvalue weighted by molar-refractivity contribution is -0.149. The number of hydrogen-bond acceptors (Lipinski definition) is 4. The minimum absolute atomic E-state index is 0.229. The molecular weight excluding hydrogens is 354 g/mol. The van der Waals surface area contributed by atoms with Gasteiger partial charge < -0.3 is 14.8 Å². The Kier molecular flexibility index (Phi) is 6.84. The van der Waals surface area contributed by atoms with Crippen LogP contribution in [-0.4, -0.2) is 25.6 Å². The molecule has 1 aliphatic rings. The molecule has 0 unspecified atom stereocenters. The molecule has 28 heavy (non-hydrogen) atoms. The van der Waals surface area contributed by atoms with Crippen LogP contribution in [0.1, 0.15) is 36.4 Å². The SMILES string of the molecule is COc1ccc([C@@H](NC(=O)COC(=O)C[C@@H]2C=CCC2)c2ccccc2)cc1. The van der Waals surface area contributed by atoms with Gasteiger partial charge in [0.1, 0.15) is 5.75 Å². The van der Waals surface area contributed by atoms with Gasteiger partial charge in [-0.05, 0) is 42.0 Å². The second-order valence-corrected chi connectivity index (χ2v) is 6.81. The number of ether oxygens (including phenoxy) is 2. The van der Waals surface area contributed by atoms with Crippen LogP contribution in [0.15, 0.2) is 66.7 Å². The fourth-order valence-corrected chi connectivity index (χ4v) is 3.29. The van der Waals surface area contributed by atoms with Crippen molar-refractivity contribution in [3.63, 3.8) is 0 Å². The lowest BCUT2D eigenvalue weighted by atomic mass is 9.98. The van der Waals surface area contributed by atoms with Crippen LogP contribution in [0.4, 0.5) is 0 Å². The van der Waals surface area contributed by atoms with Crippen LogP contribution in [0.3, 0.4) is 0 Å². The van der Waals surface area contributed by atoms with E-state index in [1.54, 1.807) is 7.11 Å². The third kappa shape index (κ3) is 5.46. The zero-order valence-corrected chi connectivity index (χ0v) is 16.0. The quantitative estimate of drug-likeness (QED) is 0.560. The third-order valence-electron chi connectivity index (χ3n) is 4.79. The first-order valence-electron chi connectivity index (χ1n) is 9.46. The van der Waals surface area contributed by atoms with Crippen LogP contribution in [0.2, 0.25) is 0 Å². The summed E-state index contributed by atoms with van der Waals surface area (Å²) in [6.07, 6.45) is 6.40. The highest BCUT2D eigenvalue weighted by molar-refractivity contribution is 5.81. The molecule has 5 nitrogen and oxygen atoms in total. The number of allylic oxidation sites excluding steroid dienone is 2. The molecule has 2 atom stereocenters. The van der Waals surface area contributed by atoms with Crippen molar-refractivity contribution in [3.8, 4) is 5.75 Å². The zero-order chi connectivity index (χ0) is 19.8. The molecule has 0 fully saturated rings. The number of nitrogens with one attached hydrogen (secondary N) is 1. The Morgan fingerprint density at radius 1 is 1.07 bits per heavy atom. The van der Waals surface area contributed by atoms with Crippen molar-refractivity contribution in [3.05, 3.63) is 77.9 Å². The summed E-state index contributed by atoms with van der Waals surface area (Å²) in [6.45, 7) is -0.283. The van der Waals surface area contributed by atoms with E-state index in [2.05, 4.69) is 11.4 Å². The predicted molar refractivity (Wildman–Crippen MR) is 107 cm³/mol. The first kappa shape index (κ1) is 19.7. The van der Waals surface area contributed by atoms with Gasteiger partial charge in [-0.1, -0.05) is 54.6 Å². The van der Waals surface area contributed by atoms with Crippen LogP contribution < -0.4 is 10.1 Å². The zero-order valence-electron chi connectivity index (χ0n) is 16.0. The molecule has 1 amide bonds. The van der Waals surface area contributed by atoms with Crippen molar-refractivity contribution in [2.45, 2.75) is 25.3 Å². The molecular formula is C23H25NO4. The number of rotatable bonds is 8. The molecule has 2 aromatic carbocycles. The van der Waals surface area contributed by atoms with Crippen LogP contribution in [-0.2, 0) is 14.3 Å². The van der Waals surface area contributed by atoms with Gasteiger partial charge in [-0.2, -0.15) is 0 Å². The maximum Gasteiger partial charge on any atom is 0.306 e. The topological polar surface area (TPSA) is 64.6 Å². The Morgan fingerprint density at radius 2 is 1.79 bits per heavy atom. The Balaban J connectivity index is 1.62. The van der Waals surface area contributed by atoms with E-state index in [0.717, 1.165) is 29.7 Å². The second-order valence-electron chi connectivity index (χ2n) is 6.81. The smallest absolute Gasteiger partial charge is 0.306 e. The van der Waals surface area contributed by atoms with E-state index in [1.165, 1.54) is 0 Å². The monoisotopic (exact) mass is 379 g/mol. The van der Waals surface area contributed by atoms with Crippen molar-refractivity contribution in [1.82, 2.24) is 5.32 Å². The van der Waals surface area contributed by atoms with E-state index >= 15 is 0 Å². The number of esters is 1. The average Bonchev–Trinajstić information content (AvgIpc) is 3.24. The first-order chi connectivity index (χ1) is 13.7. The van der Waals surface area contributed by atoms with Crippen LogP contribution in [0.25, 0.3) is 0 Å². The molecule has 5 heteroatoms. The van der Waals surface area contributed by atoms with Gasteiger partial charge in [0.25, 0.3) is 5.91 Å². The lowest BCUT2D eigenvalue weighted by Crippen LogP contribution is -2.33. The molecule has 0 bridgehead atoms. The fraction of sp³-hybridized carbons (Fsp3) is 0.304. The summed E-state index contributed by atoms with van der Waals surface area (Å²) in [5, 5.41) is 2.97. The molecule has 1 N–H and O–H groups in total. The van der Waals surface area contributed by atoms with Gasteiger partial charge in [0.15, 0.2) is 6.61 Å². The predicted octanol–water partition coefficient (Wildman–Crippen LogP) is 3.80. The van der Waals surface area contributed by atoms with Crippen molar-refractivity contribution in [2.75, 3.05) is 13.7 Å². The molecule has 0 saturated heterocycles. The standard InChI is InChI=1S/C23H25NO4/c1-27-20-13-11-19(12-14-20)23(18-9-3-2-4-10-18)24-21(25)16-28-22(26)15-17-7-5-6-8-17/h2-5,7,9-14,17,23H,6,8,15-16H2,1H3,(H,24,25)/t17-,23+/m1/s1. The first-order valence-corrected chi connectivity index (χ1v) is 9.46. The molecule has 3 rings (SSSR count). The molecule has 0 spiro atoms. The van der Waals surface area contributed by atoms with Crippen molar-refractivity contribution in [1.29, 1.82) is 0 Å². The number of amides is 1. The van der Waals surface area contributed by atoms with E-state index in [9.17, 15) is 9.59 Å². The molecule has 0 heterocycles. The Labute approximate surface area is 165 Å². The van der Waals surface area contributed by atoms with Crippen LogP contribution in [0, 0.1) is 5.92 Å². The highest BCUT2D eigenvalue weighted by Crippen LogP contribution is 2.24. The van der Waals surface area contributed by atoms with Crippen molar-refractivity contribution < 1.29 is 19.1 Å². The maximum atomic E-state index is 12.4. The van der Waals surface area contributed by atoms with E-state index in [4.69, 9.17) is 9.47 Å². The van der Waals surface area contributed by atoms with Crippen LogP contribution in [0.5, 0.6) is 5.75 Å². The summed E-state index contributed by atoms with van der Waals surface area (Å²) >= 11 is 0. The minimum Gasteiger partial charge on any atom is -0.497 e. The molecule has 2 aromatic rings. The van der Waals surface area contributed by atoms with Gasteiger partial charge >= 0.3 is 5.97 Å². The van der Waals surface area contributed by atoms with Gasteiger partial charge in [0.2, 0.25) is 0 Å². The number of carbonyl (C=O) groups is 2. The van der Waals surface area contributed by atoms with Crippen molar-refractivity contribution in [2.24, 2.45) is 5.92 Å². The van der Waals surface area contributed by atoms with Gasteiger partial charge in [-0.25, -0.2) is 0 Å². The lowest BCUT2D eigenvalue weighted by Gasteiger charge is -2.20. The number of hydrogen-bond donors (Lipinski definition) is 1. The van der Waals surface area contributed by atoms with Crippen LogP contribution >= 0.6 is 0 Å². The Morgan fingerprint density at radius 3 is 2.43 bits per heavy atom. The van der Waals surface area contributed by atoms with E-state index in [0.29, 0.717) is 6.42 Å². The Hall–Kier alpha value is -3.08. The summed E-state index contributed by atoms with van der Waals surface area (Å²) in [5.74, 6) is 0.302. The second kappa shape index (κ2) is 9.74. The summed E-state index contributed by atoms with van der Waals surface area (Å²) in [5.41, 5.74) is 1.87. The van der Waals surface area contributed by atoms with Crippen molar-refractivity contribution >= 4 is 11.9 Å². The average molecular weight is 379 g/mol. The number of methoxy groups -OCH3 is 1. The highest BCUT2D eigenvalue weighted by Gasteiger charge is 2.19. The van der Waals surface area contributed by atoms with E-state index < -0.39 is 0 Å². The molecule has 146 valence electrons. The molecule has 1 aliphatic carbocycles. The number of benzene rings is 2. The maximum absolute atomic E-state index is 12.4. The summed E-state index contributed by atoms with van der Waals surface area (Å²) in [6, 6.07) is 16.9. The molecule has 0 radical (unpaired) electrons. The number of carbonyl (C=O) groups excluding carboxylic acids is 2. The van der Waals surface area contributed by atoms with Gasteiger partial charge in [0, 0.05) is 0 Å². The minimum atomic E-state index is -0.340. The Bertz CT molecular complexity index is 814. The largest absolute Gasteiger partial charge is 0.497 e. The van der Waals surface area contributed by atoms with E-state index in [1.807, 2.05) is 60.7 Å². The fourth-order valence-electron chi connectivity index (χ4n) is 3.29. The highest BCUT2D eigenvalue weighted by atomic mass is 16.5. The van der Waals surface area contributed by atoms with Gasteiger partial charge in [0.05, 0.1) is 19.6 Å². The summed E-state index contributed by atoms with van der Waals surface area (Å²) in [4.78, 5) is 24.4. The summed E-state index contributed by atoms with van der Waals surface area (Å²) < 4.78 is 10.4. The normalized spacial score (nSPS) is 16.4.